The molecule has 2 saturated heterocycles. The Kier molecular flexibility index (Phi) is 10.2. The molecule has 3 amide bonds. The van der Waals surface area contributed by atoms with Gasteiger partial charge in [0.05, 0.1) is 41.6 Å². The van der Waals surface area contributed by atoms with Crippen molar-refractivity contribution in [2.24, 2.45) is 11.7 Å². The number of carbonyl (C=O) groups excluding carboxylic acids is 3. The third-order valence-electron chi connectivity index (χ3n) is 10.4. The van der Waals surface area contributed by atoms with Crippen LogP contribution in [0.1, 0.15) is 77.1 Å². The Balaban J connectivity index is 1.00. The maximum absolute atomic E-state index is 13.8. The van der Waals surface area contributed by atoms with E-state index < -0.39 is 11.7 Å². The molecule has 2 aromatic carbocycles. The highest BCUT2D eigenvalue weighted by molar-refractivity contribution is 5.87. The van der Waals surface area contributed by atoms with Crippen LogP contribution in [0.3, 0.4) is 0 Å². The second-order valence-electron chi connectivity index (χ2n) is 14.9. The summed E-state index contributed by atoms with van der Waals surface area (Å²) in [7, 11) is 0. The summed E-state index contributed by atoms with van der Waals surface area (Å²) in [6, 6.07) is 19.7. The number of primary amides is 1. The number of benzene rings is 2. The number of nitrogens with zero attached hydrogens (tertiary/aromatic N) is 5. The fourth-order valence-corrected chi connectivity index (χ4v) is 7.56. The van der Waals surface area contributed by atoms with Gasteiger partial charge in [-0.1, -0.05) is 62.4 Å². The molecule has 5 aromatic rings. The van der Waals surface area contributed by atoms with Gasteiger partial charge in [-0.2, -0.15) is 0 Å². The number of rotatable bonds is 11. The molecule has 0 radical (unpaired) electrons. The number of likely N-dealkylation sites (tertiary alicyclic amines) is 2. The molecule has 2 fully saturated rings. The van der Waals surface area contributed by atoms with E-state index in [2.05, 4.69) is 75.5 Å². The lowest BCUT2D eigenvalue weighted by Gasteiger charge is -2.31. The maximum Gasteiger partial charge on any atom is 0.405 e. The van der Waals surface area contributed by atoms with Gasteiger partial charge in [0.25, 0.3) is 5.91 Å². The number of carbonyl (C=O) groups is 3. The SMILES string of the molecule is CC(C)[C@H](Nc1cccnc1)C(=O)N1CCC[C@H]1c1ncc(-c2ccc(-c3ccc(-c4cnc([C@@H]5CCCN5C(=O)C(C)(C)OC(N)=O)[nH]4)cc3)cc2)[nH]1. The second-order valence-corrected chi connectivity index (χ2v) is 14.9. The number of aromatic amines is 2. The van der Waals surface area contributed by atoms with Crippen molar-refractivity contribution in [3.05, 3.63) is 97.1 Å². The monoisotopic (exact) mass is 729 g/mol. The smallest absolute Gasteiger partial charge is 0.405 e. The van der Waals surface area contributed by atoms with Crippen molar-refractivity contribution < 1.29 is 19.1 Å². The van der Waals surface area contributed by atoms with E-state index in [-0.39, 0.29) is 35.9 Å². The largest absolute Gasteiger partial charge is 0.434 e. The molecule has 3 aromatic heterocycles. The first-order chi connectivity index (χ1) is 26.0. The summed E-state index contributed by atoms with van der Waals surface area (Å²) in [6.45, 7) is 8.45. The Hall–Kier alpha value is -5.98. The van der Waals surface area contributed by atoms with Gasteiger partial charge in [-0.05, 0) is 79.8 Å². The van der Waals surface area contributed by atoms with Gasteiger partial charge in [0, 0.05) is 25.5 Å². The Bertz CT molecular complexity index is 2090. The lowest BCUT2D eigenvalue weighted by Crippen LogP contribution is -2.48. The number of nitrogens with one attached hydrogen (secondary N) is 3. The van der Waals surface area contributed by atoms with E-state index in [0.29, 0.717) is 18.9 Å². The Morgan fingerprint density at radius 2 is 1.31 bits per heavy atom. The molecule has 3 atom stereocenters. The number of imidazole rings is 2. The lowest BCUT2D eigenvalue weighted by atomic mass is 10.0. The quantitative estimate of drug-likeness (QED) is 0.114. The number of hydrogen-bond acceptors (Lipinski definition) is 8. The van der Waals surface area contributed by atoms with Crippen LogP contribution in [0.5, 0.6) is 0 Å². The zero-order chi connectivity index (χ0) is 38.0. The van der Waals surface area contributed by atoms with Gasteiger partial charge in [-0.15, -0.1) is 0 Å². The van der Waals surface area contributed by atoms with Crippen molar-refractivity contribution in [3.8, 4) is 33.6 Å². The maximum atomic E-state index is 13.8. The number of H-pyrrole nitrogens is 2. The summed E-state index contributed by atoms with van der Waals surface area (Å²) in [5.74, 6) is 1.36. The third-order valence-corrected chi connectivity index (χ3v) is 10.4. The van der Waals surface area contributed by atoms with Crippen LogP contribution < -0.4 is 11.1 Å². The molecule has 13 heteroatoms. The molecule has 0 aliphatic carbocycles. The normalized spacial score (nSPS) is 17.9. The van der Waals surface area contributed by atoms with E-state index in [1.165, 1.54) is 0 Å². The number of anilines is 1. The highest BCUT2D eigenvalue weighted by Crippen LogP contribution is 2.36. The zero-order valence-corrected chi connectivity index (χ0v) is 31.1. The summed E-state index contributed by atoms with van der Waals surface area (Å²) in [5.41, 5.74) is 10.5. The minimum Gasteiger partial charge on any atom is -0.434 e. The lowest BCUT2D eigenvalue weighted by molar-refractivity contribution is -0.149. The van der Waals surface area contributed by atoms with Crippen molar-refractivity contribution in [2.45, 2.75) is 77.1 Å². The Labute approximate surface area is 314 Å². The highest BCUT2D eigenvalue weighted by Gasteiger charge is 2.42. The van der Waals surface area contributed by atoms with E-state index in [1.807, 2.05) is 35.4 Å². The van der Waals surface area contributed by atoms with Crippen molar-refractivity contribution >= 4 is 23.6 Å². The summed E-state index contributed by atoms with van der Waals surface area (Å²) >= 11 is 0. The molecule has 54 heavy (non-hydrogen) atoms. The van der Waals surface area contributed by atoms with E-state index >= 15 is 0 Å². The number of amides is 3. The number of ether oxygens (including phenoxy) is 1. The number of aromatic nitrogens is 5. The zero-order valence-electron chi connectivity index (χ0n) is 31.1. The molecule has 0 bridgehead atoms. The van der Waals surface area contributed by atoms with Crippen LogP contribution >= 0.6 is 0 Å². The van der Waals surface area contributed by atoms with E-state index in [0.717, 1.165) is 70.8 Å². The molecule has 0 saturated carbocycles. The van der Waals surface area contributed by atoms with Crippen molar-refractivity contribution in [1.82, 2.24) is 34.7 Å². The van der Waals surface area contributed by atoms with Crippen LogP contribution in [0.2, 0.25) is 0 Å². The summed E-state index contributed by atoms with van der Waals surface area (Å²) < 4.78 is 5.10. The van der Waals surface area contributed by atoms with Gasteiger partial charge in [0.1, 0.15) is 17.7 Å². The topological polar surface area (TPSA) is 175 Å². The Morgan fingerprint density at radius 3 is 1.81 bits per heavy atom. The van der Waals surface area contributed by atoms with Gasteiger partial charge in [-0.25, -0.2) is 14.8 Å². The molecular formula is C41H47N9O4. The van der Waals surface area contributed by atoms with Gasteiger partial charge >= 0.3 is 6.09 Å². The molecule has 0 unspecified atom stereocenters. The summed E-state index contributed by atoms with van der Waals surface area (Å²) in [6.07, 6.45) is 9.47. The number of hydrogen-bond donors (Lipinski definition) is 4. The summed E-state index contributed by atoms with van der Waals surface area (Å²) in [4.78, 5) is 62.6. The highest BCUT2D eigenvalue weighted by atomic mass is 16.6. The first kappa shape index (κ1) is 36.4. The molecule has 5 N–H and O–H groups in total. The first-order valence-electron chi connectivity index (χ1n) is 18.6. The molecule has 280 valence electrons. The average molecular weight is 730 g/mol. The molecule has 2 aliphatic heterocycles. The standard InChI is InChI=1S/C41H47N9O4/c1-25(2)35(46-30-8-5-19-43-22-30)38(51)49-20-6-9-33(49)36-44-23-31(47-36)28-15-11-26(12-16-28)27-13-17-29(18-14-27)32-24-45-37(48-32)34-10-7-21-50(34)39(52)41(3,4)54-40(42)53/h5,8,11-19,22-25,33-35,46H,6-7,9-10,20-21H2,1-4H3,(H2,42,53)(H,44,47)(H,45,48)/t33-,34-,35-/m0/s1. The Morgan fingerprint density at radius 1 is 0.796 bits per heavy atom. The predicted octanol–water partition coefficient (Wildman–Crippen LogP) is 6.87. The molecule has 0 spiro atoms. The van der Waals surface area contributed by atoms with Gasteiger partial charge in [0.15, 0.2) is 5.60 Å². The van der Waals surface area contributed by atoms with Gasteiger partial charge in [0.2, 0.25) is 5.91 Å². The molecule has 2 aliphatic rings. The minimum absolute atomic E-state index is 0.0722. The first-order valence-corrected chi connectivity index (χ1v) is 18.6. The average Bonchev–Trinajstić information content (AvgIpc) is 4.00. The van der Waals surface area contributed by atoms with Crippen molar-refractivity contribution in [1.29, 1.82) is 0 Å². The molecule has 5 heterocycles. The van der Waals surface area contributed by atoms with Gasteiger partial charge < -0.3 is 35.6 Å². The van der Waals surface area contributed by atoms with E-state index in [9.17, 15) is 14.4 Å². The fourth-order valence-electron chi connectivity index (χ4n) is 7.56. The van der Waals surface area contributed by atoms with E-state index in [4.69, 9.17) is 15.5 Å². The van der Waals surface area contributed by atoms with Crippen molar-refractivity contribution in [3.63, 3.8) is 0 Å². The van der Waals surface area contributed by atoms with E-state index in [1.54, 1.807) is 37.3 Å². The predicted molar refractivity (Wildman–Crippen MR) is 206 cm³/mol. The third kappa shape index (κ3) is 7.57. The van der Waals surface area contributed by atoms with Crippen LogP contribution in [0.15, 0.2) is 85.5 Å². The number of nitrogens with two attached hydrogens (primary N) is 1. The van der Waals surface area contributed by atoms with Crippen molar-refractivity contribution in [2.75, 3.05) is 18.4 Å². The van der Waals surface area contributed by atoms with Crippen LogP contribution in [0, 0.1) is 5.92 Å². The minimum atomic E-state index is -1.37. The number of pyridine rings is 1. The van der Waals surface area contributed by atoms with Crippen LogP contribution in [-0.2, 0) is 14.3 Å². The summed E-state index contributed by atoms with van der Waals surface area (Å²) in [5, 5.41) is 3.40. The second kappa shape index (κ2) is 15.2. The molecule has 7 rings (SSSR count). The fraction of sp³-hybridized carbons (Fsp3) is 0.366. The van der Waals surface area contributed by atoms with Crippen LogP contribution in [0.25, 0.3) is 33.6 Å². The van der Waals surface area contributed by atoms with Gasteiger partial charge in [-0.3, -0.25) is 14.6 Å². The molecule has 13 nitrogen and oxygen atoms in total. The van der Waals surface area contributed by atoms with Crippen LogP contribution in [0.4, 0.5) is 10.5 Å². The molecular weight excluding hydrogens is 683 g/mol. The van der Waals surface area contributed by atoms with Crippen LogP contribution in [-0.4, -0.2) is 77.4 Å².